The number of amides is 1. The second-order valence-electron chi connectivity index (χ2n) is 6.97. The Morgan fingerprint density at radius 2 is 2.07 bits per heavy atom. The lowest BCUT2D eigenvalue weighted by molar-refractivity contribution is -0.130. The minimum Gasteiger partial charge on any atom is -0.330 e. The van der Waals surface area contributed by atoms with Crippen molar-refractivity contribution < 1.29 is 4.79 Å². The van der Waals surface area contributed by atoms with E-state index in [0.717, 1.165) is 35.7 Å². The molecular formula is C22H21N3OS3. The van der Waals surface area contributed by atoms with Crippen LogP contribution in [0.5, 0.6) is 0 Å². The van der Waals surface area contributed by atoms with Crippen LogP contribution < -0.4 is 0 Å². The van der Waals surface area contributed by atoms with E-state index in [9.17, 15) is 4.79 Å². The van der Waals surface area contributed by atoms with Gasteiger partial charge in [0, 0.05) is 22.8 Å². The lowest BCUT2D eigenvalue weighted by atomic mass is 9.98. The molecule has 4 nitrogen and oxygen atoms in total. The van der Waals surface area contributed by atoms with Crippen molar-refractivity contribution in [3.05, 3.63) is 68.5 Å². The molecule has 0 aliphatic carbocycles. The molecule has 3 aromatic heterocycles. The monoisotopic (exact) mass is 439 g/mol. The SMILES string of the molecule is CCn1c(SCC(=O)N2CCc3sccc3[C@@H]2c2cccs2)nc2ccccc21. The Bertz CT molecular complexity index is 1150. The number of aryl methyl sites for hydroxylation is 1. The van der Waals surface area contributed by atoms with E-state index in [1.54, 1.807) is 34.4 Å². The van der Waals surface area contributed by atoms with Gasteiger partial charge >= 0.3 is 0 Å². The van der Waals surface area contributed by atoms with Crippen molar-refractivity contribution >= 4 is 51.4 Å². The molecular weight excluding hydrogens is 418 g/mol. The highest BCUT2D eigenvalue weighted by atomic mass is 32.2. The van der Waals surface area contributed by atoms with Gasteiger partial charge in [-0.25, -0.2) is 4.98 Å². The number of para-hydroxylation sites is 2. The number of aromatic nitrogens is 2. The van der Waals surface area contributed by atoms with Crippen molar-refractivity contribution in [1.29, 1.82) is 0 Å². The van der Waals surface area contributed by atoms with Gasteiger partial charge < -0.3 is 9.47 Å². The van der Waals surface area contributed by atoms with E-state index in [1.165, 1.54) is 15.3 Å². The zero-order chi connectivity index (χ0) is 19.8. The third-order valence-electron chi connectivity index (χ3n) is 5.36. The average Bonchev–Trinajstić information content (AvgIpc) is 3.50. The van der Waals surface area contributed by atoms with E-state index in [2.05, 4.69) is 51.4 Å². The minimum atomic E-state index is 0.0445. The Hall–Kier alpha value is -2.09. The lowest BCUT2D eigenvalue weighted by Crippen LogP contribution is -2.40. The zero-order valence-electron chi connectivity index (χ0n) is 16.1. The molecule has 0 N–H and O–H groups in total. The molecule has 1 aromatic carbocycles. The molecule has 1 atom stereocenters. The van der Waals surface area contributed by atoms with Gasteiger partial charge in [-0.3, -0.25) is 4.79 Å². The standard InChI is InChI=1S/C22H21N3OS3/c1-2-24-17-7-4-3-6-16(17)23-22(24)29-14-20(26)25-11-9-18-15(10-13-28-18)21(25)19-8-5-12-27-19/h3-8,10,12-13,21H,2,9,11,14H2,1H3/t21-/m1/s1. The van der Waals surface area contributed by atoms with Crippen LogP contribution in [0.1, 0.15) is 28.3 Å². The normalized spacial score (nSPS) is 16.3. The molecule has 4 aromatic rings. The predicted octanol–water partition coefficient (Wildman–Crippen LogP) is 5.45. The van der Waals surface area contributed by atoms with Crippen LogP contribution >= 0.6 is 34.4 Å². The van der Waals surface area contributed by atoms with Crippen molar-refractivity contribution in [2.24, 2.45) is 0 Å². The fourth-order valence-corrected chi connectivity index (χ4v) is 6.74. The molecule has 5 rings (SSSR count). The summed E-state index contributed by atoms with van der Waals surface area (Å²) in [5, 5.41) is 5.16. The molecule has 0 unspecified atom stereocenters. The molecule has 4 heterocycles. The topological polar surface area (TPSA) is 38.1 Å². The number of carbonyl (C=O) groups excluding carboxylic acids is 1. The first-order chi connectivity index (χ1) is 14.3. The van der Waals surface area contributed by atoms with Crippen LogP contribution in [-0.2, 0) is 17.8 Å². The number of benzene rings is 1. The van der Waals surface area contributed by atoms with Crippen molar-refractivity contribution in [2.45, 2.75) is 31.1 Å². The average molecular weight is 440 g/mol. The molecule has 1 aliphatic heterocycles. The van der Waals surface area contributed by atoms with Gasteiger partial charge in [-0.2, -0.15) is 0 Å². The van der Waals surface area contributed by atoms with Crippen molar-refractivity contribution in [1.82, 2.24) is 14.5 Å². The summed E-state index contributed by atoms with van der Waals surface area (Å²) in [5.41, 5.74) is 3.41. The molecule has 0 saturated heterocycles. The molecule has 1 amide bonds. The maximum Gasteiger partial charge on any atom is 0.233 e. The highest BCUT2D eigenvalue weighted by Crippen LogP contribution is 2.40. The van der Waals surface area contributed by atoms with Crippen LogP contribution in [0.15, 0.2) is 58.4 Å². The number of fused-ring (bicyclic) bond motifs is 2. The van der Waals surface area contributed by atoms with Crippen LogP contribution in [0.4, 0.5) is 0 Å². The minimum absolute atomic E-state index is 0.0445. The summed E-state index contributed by atoms with van der Waals surface area (Å²) >= 11 is 5.08. The van der Waals surface area contributed by atoms with Gasteiger partial charge in [-0.15, -0.1) is 22.7 Å². The Kier molecular flexibility index (Phi) is 5.20. The van der Waals surface area contributed by atoms with Crippen LogP contribution in [0.3, 0.4) is 0 Å². The predicted molar refractivity (Wildman–Crippen MR) is 122 cm³/mol. The Morgan fingerprint density at radius 3 is 2.90 bits per heavy atom. The summed E-state index contributed by atoms with van der Waals surface area (Å²) in [4.78, 5) is 22.8. The Labute approximate surface area is 182 Å². The first-order valence-electron chi connectivity index (χ1n) is 9.73. The molecule has 0 bridgehead atoms. The first kappa shape index (κ1) is 18.9. The van der Waals surface area contributed by atoms with Crippen LogP contribution in [0.25, 0.3) is 11.0 Å². The Morgan fingerprint density at radius 1 is 1.17 bits per heavy atom. The maximum atomic E-state index is 13.3. The molecule has 7 heteroatoms. The van der Waals surface area contributed by atoms with Crippen LogP contribution in [0.2, 0.25) is 0 Å². The number of carbonyl (C=O) groups is 1. The zero-order valence-corrected chi connectivity index (χ0v) is 18.5. The van der Waals surface area contributed by atoms with Gasteiger partial charge in [-0.05, 0) is 53.9 Å². The molecule has 1 aliphatic rings. The number of thiophene rings is 2. The highest BCUT2D eigenvalue weighted by Gasteiger charge is 2.33. The van der Waals surface area contributed by atoms with E-state index in [4.69, 9.17) is 4.98 Å². The molecule has 29 heavy (non-hydrogen) atoms. The van der Waals surface area contributed by atoms with Crippen LogP contribution in [-0.4, -0.2) is 32.7 Å². The fourth-order valence-electron chi connectivity index (χ4n) is 4.02. The van der Waals surface area contributed by atoms with E-state index in [1.807, 2.05) is 18.2 Å². The summed E-state index contributed by atoms with van der Waals surface area (Å²) in [5.74, 6) is 0.588. The molecule has 148 valence electrons. The van der Waals surface area contributed by atoms with Gasteiger partial charge in [0.25, 0.3) is 0 Å². The van der Waals surface area contributed by atoms with Gasteiger partial charge in [0.2, 0.25) is 5.91 Å². The summed E-state index contributed by atoms with van der Waals surface area (Å²) in [6.07, 6.45) is 0.943. The number of imidazole rings is 1. The molecule has 0 fully saturated rings. The number of thioether (sulfide) groups is 1. The number of rotatable bonds is 5. The maximum absolute atomic E-state index is 13.3. The third-order valence-corrected chi connectivity index (χ3v) is 8.24. The summed E-state index contributed by atoms with van der Waals surface area (Å²) in [7, 11) is 0. The van der Waals surface area contributed by atoms with Gasteiger partial charge in [-0.1, -0.05) is 30.0 Å². The molecule has 0 spiro atoms. The fraction of sp³-hybridized carbons (Fsp3) is 0.273. The third kappa shape index (κ3) is 3.41. The number of hydrogen-bond donors (Lipinski definition) is 0. The van der Waals surface area contributed by atoms with Crippen molar-refractivity contribution in [2.75, 3.05) is 12.3 Å². The summed E-state index contributed by atoms with van der Waals surface area (Å²) in [6, 6.07) is 14.6. The quantitative estimate of drug-likeness (QED) is 0.388. The largest absolute Gasteiger partial charge is 0.330 e. The molecule has 0 saturated carbocycles. The second kappa shape index (κ2) is 7.97. The van der Waals surface area contributed by atoms with E-state index in [0.29, 0.717) is 5.75 Å². The van der Waals surface area contributed by atoms with Gasteiger partial charge in [0.15, 0.2) is 5.16 Å². The Balaban J connectivity index is 1.39. The summed E-state index contributed by atoms with van der Waals surface area (Å²) in [6.45, 7) is 3.74. The van der Waals surface area contributed by atoms with Crippen LogP contribution in [0, 0.1) is 0 Å². The first-order valence-corrected chi connectivity index (χ1v) is 12.5. The van der Waals surface area contributed by atoms with Gasteiger partial charge in [0.1, 0.15) is 0 Å². The summed E-state index contributed by atoms with van der Waals surface area (Å²) < 4.78 is 2.19. The highest BCUT2D eigenvalue weighted by molar-refractivity contribution is 7.99. The van der Waals surface area contributed by atoms with Gasteiger partial charge in [0.05, 0.1) is 22.8 Å². The van der Waals surface area contributed by atoms with Crippen molar-refractivity contribution in [3.63, 3.8) is 0 Å². The van der Waals surface area contributed by atoms with Crippen molar-refractivity contribution in [3.8, 4) is 0 Å². The lowest BCUT2D eigenvalue weighted by Gasteiger charge is -2.35. The van der Waals surface area contributed by atoms with E-state index < -0.39 is 0 Å². The number of nitrogens with zero attached hydrogens (tertiary/aromatic N) is 3. The molecule has 0 radical (unpaired) electrons. The second-order valence-corrected chi connectivity index (χ2v) is 9.89. The number of hydrogen-bond acceptors (Lipinski definition) is 5. The van der Waals surface area contributed by atoms with E-state index >= 15 is 0 Å². The smallest absolute Gasteiger partial charge is 0.233 e. The van der Waals surface area contributed by atoms with E-state index in [-0.39, 0.29) is 11.9 Å².